The third kappa shape index (κ3) is 7.29. The Balaban J connectivity index is 0.000000316. The lowest BCUT2D eigenvalue weighted by atomic mass is 9.78. The lowest BCUT2D eigenvalue weighted by Gasteiger charge is -2.36. The third-order valence-electron chi connectivity index (χ3n) is 5.43. The van der Waals surface area contributed by atoms with Gasteiger partial charge in [-0.3, -0.25) is 24.0 Å². The first kappa shape index (κ1) is 26.5. The fourth-order valence-corrected chi connectivity index (χ4v) is 3.48. The number of carboxylic acid groups (broad SMARTS) is 1. The largest absolute Gasteiger partial charge is 0.480 e. The molecule has 0 aromatic carbocycles. The number of aliphatic carboxylic acids is 1. The van der Waals surface area contributed by atoms with Crippen molar-refractivity contribution in [1.82, 2.24) is 9.80 Å². The molecule has 2 rings (SSSR count). The summed E-state index contributed by atoms with van der Waals surface area (Å²) in [5.41, 5.74) is -1.54. The molecule has 0 bridgehead atoms. The van der Waals surface area contributed by atoms with Gasteiger partial charge in [0.25, 0.3) is 0 Å². The molecule has 12 heteroatoms. The van der Waals surface area contributed by atoms with Crippen molar-refractivity contribution in [2.75, 3.05) is 39.4 Å². The number of esters is 2. The van der Waals surface area contributed by atoms with E-state index in [1.165, 1.54) is 4.90 Å². The molecule has 168 valence electrons. The fourth-order valence-electron chi connectivity index (χ4n) is 3.48. The average Bonchev–Trinajstić information content (AvgIpc) is 2.74. The summed E-state index contributed by atoms with van der Waals surface area (Å²) in [6.07, 6.45) is 1.37. The Hall–Kier alpha value is -2.52. The normalized spacial score (nSPS) is 18.3. The van der Waals surface area contributed by atoms with Gasteiger partial charge in [-0.2, -0.15) is 0 Å². The third-order valence-corrected chi connectivity index (χ3v) is 5.43. The minimum Gasteiger partial charge on any atom is -0.480 e. The van der Waals surface area contributed by atoms with Gasteiger partial charge in [0.2, 0.25) is 15.7 Å². The van der Waals surface area contributed by atoms with Gasteiger partial charge in [0.05, 0.1) is 19.1 Å². The SMILES string of the molecule is [B]C(=O)N1CCC(C(=O)O)(C(=O)OCC)CC1.[B]C(=O)N1CCC(C(=O)OCC)CC1. The quantitative estimate of drug-likeness (QED) is 0.378. The molecule has 0 spiro atoms. The lowest BCUT2D eigenvalue weighted by Crippen LogP contribution is -2.50. The lowest BCUT2D eigenvalue weighted by molar-refractivity contribution is -0.171. The van der Waals surface area contributed by atoms with Crippen molar-refractivity contribution >= 4 is 45.2 Å². The number of likely N-dealkylation sites (tertiary alicyclic amines) is 2. The molecular formula is C19H28B2N2O8. The Morgan fingerprint density at radius 3 is 1.71 bits per heavy atom. The first-order valence-electron chi connectivity index (χ1n) is 10.2. The van der Waals surface area contributed by atoms with Gasteiger partial charge in [-0.05, 0) is 39.5 Å². The summed E-state index contributed by atoms with van der Waals surface area (Å²) in [6.45, 7) is 5.36. The van der Waals surface area contributed by atoms with E-state index in [9.17, 15) is 29.1 Å². The molecule has 2 aliphatic heterocycles. The number of piperidine rings is 2. The zero-order chi connectivity index (χ0) is 23.6. The number of hydrogen-bond acceptors (Lipinski definition) is 7. The molecule has 0 aromatic heterocycles. The number of nitrogens with zero attached hydrogens (tertiary/aromatic N) is 2. The molecular weight excluding hydrogens is 406 g/mol. The van der Waals surface area contributed by atoms with Gasteiger partial charge in [0.15, 0.2) is 17.0 Å². The summed E-state index contributed by atoms with van der Waals surface area (Å²) in [4.78, 5) is 58.8. The monoisotopic (exact) mass is 434 g/mol. The fraction of sp³-hybridized carbons (Fsp3) is 0.737. The molecule has 0 aliphatic carbocycles. The average molecular weight is 434 g/mol. The van der Waals surface area contributed by atoms with Crippen LogP contribution in [-0.2, 0) is 23.9 Å². The van der Waals surface area contributed by atoms with Crippen LogP contribution < -0.4 is 0 Å². The van der Waals surface area contributed by atoms with E-state index in [1.54, 1.807) is 18.7 Å². The van der Waals surface area contributed by atoms with E-state index in [-0.39, 0.29) is 44.4 Å². The summed E-state index contributed by atoms with van der Waals surface area (Å²) in [5, 5.41) is 9.18. The molecule has 4 radical (unpaired) electrons. The van der Waals surface area contributed by atoms with Crippen LogP contribution in [0, 0.1) is 11.3 Å². The number of rotatable bonds is 5. The van der Waals surface area contributed by atoms with Gasteiger partial charge in [-0.1, -0.05) is 0 Å². The van der Waals surface area contributed by atoms with Crippen LogP contribution in [0.4, 0.5) is 9.59 Å². The van der Waals surface area contributed by atoms with E-state index in [1.807, 2.05) is 0 Å². The number of ether oxygens (including phenoxy) is 2. The van der Waals surface area contributed by atoms with Crippen molar-refractivity contribution in [3.63, 3.8) is 0 Å². The zero-order valence-corrected chi connectivity index (χ0v) is 18.0. The molecule has 1 N–H and O–H groups in total. The second kappa shape index (κ2) is 12.4. The molecule has 2 aliphatic rings. The molecule has 10 nitrogen and oxygen atoms in total. The number of amides is 2. The van der Waals surface area contributed by atoms with Gasteiger partial charge >= 0.3 is 17.9 Å². The van der Waals surface area contributed by atoms with E-state index in [0.29, 0.717) is 32.5 Å². The molecule has 2 saturated heterocycles. The standard InChI is InChI=1S/C10H14BNO5.C9H14BNO3/c1-2-17-8(15)10(7(13)14)3-5-12(6-4-10)9(11)16;1-2-14-8(12)7-3-5-11(6-4-7)9(10)13/h2-6H2,1H3,(H,13,14);7H,2-6H2,1H3. The Kier molecular flexibility index (Phi) is 10.6. The van der Waals surface area contributed by atoms with Gasteiger partial charge in [0.1, 0.15) is 0 Å². The highest BCUT2D eigenvalue weighted by Crippen LogP contribution is 2.33. The molecule has 0 saturated carbocycles. The Morgan fingerprint density at radius 1 is 0.871 bits per heavy atom. The maximum Gasteiger partial charge on any atom is 0.323 e. The van der Waals surface area contributed by atoms with E-state index < -0.39 is 29.0 Å². The molecule has 2 heterocycles. The van der Waals surface area contributed by atoms with Gasteiger partial charge < -0.3 is 24.4 Å². The van der Waals surface area contributed by atoms with Crippen LogP contribution in [-0.4, -0.2) is 99.5 Å². The smallest absolute Gasteiger partial charge is 0.323 e. The second-order valence-electron chi connectivity index (χ2n) is 7.28. The van der Waals surface area contributed by atoms with Gasteiger partial charge in [-0.25, -0.2) is 0 Å². The number of hydrogen-bond donors (Lipinski definition) is 1. The molecule has 0 aromatic rings. The highest BCUT2D eigenvalue weighted by atomic mass is 16.5. The first-order chi connectivity index (χ1) is 14.6. The molecule has 31 heavy (non-hydrogen) atoms. The van der Waals surface area contributed by atoms with E-state index in [4.69, 9.17) is 25.2 Å². The van der Waals surface area contributed by atoms with Crippen LogP contribution in [0.25, 0.3) is 0 Å². The van der Waals surface area contributed by atoms with E-state index >= 15 is 0 Å². The van der Waals surface area contributed by atoms with E-state index in [0.717, 1.165) is 0 Å². The maximum atomic E-state index is 11.7. The predicted molar refractivity (Wildman–Crippen MR) is 111 cm³/mol. The highest BCUT2D eigenvalue weighted by Gasteiger charge is 2.49. The summed E-state index contributed by atoms with van der Waals surface area (Å²) in [7, 11) is 10.2. The van der Waals surface area contributed by atoms with Crippen molar-refractivity contribution in [2.45, 2.75) is 39.5 Å². The summed E-state index contributed by atoms with van der Waals surface area (Å²) in [6, 6.07) is 0. The van der Waals surface area contributed by atoms with Crippen molar-refractivity contribution in [3.05, 3.63) is 0 Å². The summed E-state index contributed by atoms with van der Waals surface area (Å²) >= 11 is 0. The van der Waals surface area contributed by atoms with Crippen LogP contribution in [0.3, 0.4) is 0 Å². The van der Waals surface area contributed by atoms with E-state index in [2.05, 4.69) is 0 Å². The molecule has 2 fully saturated rings. The minimum absolute atomic E-state index is 0.0319. The topological polar surface area (TPSA) is 131 Å². The van der Waals surface area contributed by atoms with Crippen molar-refractivity contribution in [2.24, 2.45) is 11.3 Å². The number of carboxylic acids is 1. The number of carbonyl (C=O) groups excluding carboxylic acids is 4. The molecule has 0 unspecified atom stereocenters. The number of carbonyl (C=O) groups is 5. The van der Waals surface area contributed by atoms with Crippen LogP contribution in [0.15, 0.2) is 0 Å². The highest BCUT2D eigenvalue weighted by molar-refractivity contribution is 6.57. The molecule has 2 amide bonds. The summed E-state index contributed by atoms with van der Waals surface area (Å²) < 4.78 is 9.69. The first-order valence-corrected chi connectivity index (χ1v) is 10.2. The van der Waals surface area contributed by atoms with Gasteiger partial charge in [-0.15, -0.1) is 0 Å². The second-order valence-corrected chi connectivity index (χ2v) is 7.28. The van der Waals surface area contributed by atoms with Crippen LogP contribution >= 0.6 is 0 Å². The Morgan fingerprint density at radius 2 is 1.32 bits per heavy atom. The van der Waals surface area contributed by atoms with Crippen LogP contribution in [0.5, 0.6) is 0 Å². The zero-order valence-electron chi connectivity index (χ0n) is 18.0. The van der Waals surface area contributed by atoms with Crippen molar-refractivity contribution in [3.8, 4) is 0 Å². The molecule has 0 atom stereocenters. The maximum absolute atomic E-state index is 11.7. The Labute approximate surface area is 184 Å². The minimum atomic E-state index is -1.54. The van der Waals surface area contributed by atoms with Crippen molar-refractivity contribution < 1.29 is 38.6 Å². The van der Waals surface area contributed by atoms with Crippen LogP contribution in [0.2, 0.25) is 0 Å². The Bertz CT molecular complexity index is 672. The summed E-state index contributed by atoms with van der Waals surface area (Å²) in [5.74, 6) is -3.18. The van der Waals surface area contributed by atoms with Gasteiger partial charge in [0, 0.05) is 26.2 Å². The van der Waals surface area contributed by atoms with Crippen LogP contribution in [0.1, 0.15) is 39.5 Å². The van der Waals surface area contributed by atoms with Crippen molar-refractivity contribution in [1.29, 1.82) is 0 Å². The predicted octanol–water partition coefficient (Wildman–Crippen LogP) is 0.555.